The molecule has 0 unspecified atom stereocenters. The predicted octanol–water partition coefficient (Wildman–Crippen LogP) is 2.12. The summed E-state index contributed by atoms with van der Waals surface area (Å²) in [5.41, 5.74) is 2.13. The van der Waals surface area contributed by atoms with Crippen LogP contribution in [0, 0.1) is 6.92 Å². The molecule has 2 amide bonds. The summed E-state index contributed by atoms with van der Waals surface area (Å²) in [5, 5.41) is 8.82. The van der Waals surface area contributed by atoms with Crippen LogP contribution in [0.1, 0.15) is 11.1 Å². The quantitative estimate of drug-likeness (QED) is 0.810. The maximum atomic E-state index is 12.2. The van der Waals surface area contributed by atoms with Crippen LogP contribution in [0.3, 0.4) is 0 Å². The van der Waals surface area contributed by atoms with Gasteiger partial charge in [-0.05, 0) is 12.5 Å². The zero-order chi connectivity index (χ0) is 15.1. The maximum absolute atomic E-state index is 12.2. The SMILES string of the molecule is C=CCN(CC(=O)O)C(=O)N(C)Cc1cccc(C)c1. The minimum absolute atomic E-state index is 0.212. The summed E-state index contributed by atoms with van der Waals surface area (Å²) >= 11 is 0. The number of carbonyl (C=O) groups excluding carboxylic acids is 1. The van der Waals surface area contributed by atoms with Crippen LogP contribution in [0.25, 0.3) is 0 Å². The van der Waals surface area contributed by atoms with Crippen LogP contribution in [0.15, 0.2) is 36.9 Å². The molecular weight excluding hydrogens is 256 g/mol. The van der Waals surface area contributed by atoms with Gasteiger partial charge in [-0.15, -0.1) is 6.58 Å². The monoisotopic (exact) mass is 276 g/mol. The van der Waals surface area contributed by atoms with Crippen molar-refractivity contribution in [2.45, 2.75) is 13.5 Å². The fourth-order valence-electron chi connectivity index (χ4n) is 1.92. The van der Waals surface area contributed by atoms with Gasteiger partial charge in [0.1, 0.15) is 6.54 Å². The second-order valence-corrected chi connectivity index (χ2v) is 4.69. The second-order valence-electron chi connectivity index (χ2n) is 4.69. The number of benzene rings is 1. The van der Waals surface area contributed by atoms with Crippen LogP contribution >= 0.6 is 0 Å². The van der Waals surface area contributed by atoms with E-state index in [2.05, 4.69) is 6.58 Å². The van der Waals surface area contributed by atoms with Gasteiger partial charge in [-0.2, -0.15) is 0 Å². The van der Waals surface area contributed by atoms with Crippen molar-refractivity contribution in [1.29, 1.82) is 0 Å². The summed E-state index contributed by atoms with van der Waals surface area (Å²) in [7, 11) is 1.66. The molecule has 0 aliphatic carbocycles. The van der Waals surface area contributed by atoms with Gasteiger partial charge in [0.05, 0.1) is 0 Å². The first-order valence-electron chi connectivity index (χ1n) is 6.32. The van der Waals surface area contributed by atoms with Gasteiger partial charge in [0.25, 0.3) is 0 Å². The lowest BCUT2D eigenvalue weighted by Gasteiger charge is -2.26. The number of urea groups is 1. The summed E-state index contributed by atoms with van der Waals surface area (Å²) in [6.45, 7) is 5.85. The molecule has 0 aliphatic heterocycles. The molecule has 1 aromatic rings. The molecule has 0 aliphatic rings. The van der Waals surface area contributed by atoms with Crippen LogP contribution in [-0.4, -0.2) is 47.0 Å². The fraction of sp³-hybridized carbons (Fsp3) is 0.333. The van der Waals surface area contributed by atoms with Gasteiger partial charge in [-0.25, -0.2) is 4.79 Å². The molecule has 1 N–H and O–H groups in total. The van der Waals surface area contributed by atoms with Gasteiger partial charge in [-0.3, -0.25) is 4.79 Å². The van der Waals surface area contributed by atoms with E-state index < -0.39 is 5.97 Å². The van der Waals surface area contributed by atoms with E-state index in [1.54, 1.807) is 7.05 Å². The molecule has 0 saturated heterocycles. The Morgan fingerprint density at radius 3 is 2.65 bits per heavy atom. The van der Waals surface area contributed by atoms with Gasteiger partial charge in [0.15, 0.2) is 0 Å². The highest BCUT2D eigenvalue weighted by atomic mass is 16.4. The summed E-state index contributed by atoms with van der Waals surface area (Å²) in [6.07, 6.45) is 1.52. The van der Waals surface area contributed by atoms with Crippen molar-refractivity contribution in [2.75, 3.05) is 20.1 Å². The first-order valence-corrected chi connectivity index (χ1v) is 6.32. The molecule has 0 aromatic heterocycles. The van der Waals surface area contributed by atoms with Crippen LogP contribution in [0.2, 0.25) is 0 Å². The highest BCUT2D eigenvalue weighted by Crippen LogP contribution is 2.08. The van der Waals surface area contributed by atoms with Gasteiger partial charge in [0.2, 0.25) is 0 Å². The van der Waals surface area contributed by atoms with Gasteiger partial charge < -0.3 is 14.9 Å². The molecule has 20 heavy (non-hydrogen) atoms. The molecule has 0 heterocycles. The minimum Gasteiger partial charge on any atom is -0.480 e. The number of nitrogens with zero attached hydrogens (tertiary/aromatic N) is 2. The third-order valence-electron chi connectivity index (χ3n) is 2.77. The Balaban J connectivity index is 2.73. The Morgan fingerprint density at radius 1 is 1.40 bits per heavy atom. The minimum atomic E-state index is -1.04. The highest BCUT2D eigenvalue weighted by Gasteiger charge is 2.19. The molecule has 0 bridgehead atoms. The third kappa shape index (κ3) is 4.76. The number of amides is 2. The molecule has 5 heteroatoms. The topological polar surface area (TPSA) is 60.9 Å². The van der Waals surface area contributed by atoms with Crippen molar-refractivity contribution in [1.82, 2.24) is 9.80 Å². The first-order chi connectivity index (χ1) is 9.43. The molecular formula is C15H20N2O3. The number of carboxylic acids is 1. The molecule has 0 spiro atoms. The largest absolute Gasteiger partial charge is 0.480 e. The zero-order valence-electron chi connectivity index (χ0n) is 11.9. The number of hydrogen-bond acceptors (Lipinski definition) is 2. The Morgan fingerprint density at radius 2 is 2.10 bits per heavy atom. The number of aryl methyl sites for hydroxylation is 1. The van der Waals surface area contributed by atoms with Crippen LogP contribution in [0.5, 0.6) is 0 Å². The average molecular weight is 276 g/mol. The van der Waals surface area contributed by atoms with Crippen molar-refractivity contribution in [3.8, 4) is 0 Å². The van der Waals surface area contributed by atoms with Crippen molar-refractivity contribution >= 4 is 12.0 Å². The molecule has 1 aromatic carbocycles. The number of carbonyl (C=O) groups is 2. The van der Waals surface area contributed by atoms with E-state index in [-0.39, 0.29) is 19.1 Å². The van der Waals surface area contributed by atoms with E-state index in [1.165, 1.54) is 15.9 Å². The Labute approximate surface area is 119 Å². The molecule has 0 atom stereocenters. The van der Waals surface area contributed by atoms with E-state index in [0.29, 0.717) is 6.54 Å². The van der Waals surface area contributed by atoms with Crippen LogP contribution in [-0.2, 0) is 11.3 Å². The highest BCUT2D eigenvalue weighted by molar-refractivity contribution is 5.80. The van der Waals surface area contributed by atoms with Crippen LogP contribution < -0.4 is 0 Å². The lowest BCUT2D eigenvalue weighted by molar-refractivity contribution is -0.137. The van der Waals surface area contributed by atoms with Crippen molar-refractivity contribution in [3.05, 3.63) is 48.0 Å². The summed E-state index contributed by atoms with van der Waals surface area (Å²) in [5.74, 6) is -1.04. The number of hydrogen-bond donors (Lipinski definition) is 1. The van der Waals surface area contributed by atoms with Crippen LogP contribution in [0.4, 0.5) is 4.79 Å². The lowest BCUT2D eigenvalue weighted by Crippen LogP contribution is -2.43. The summed E-state index contributed by atoms with van der Waals surface area (Å²) in [6, 6.07) is 7.53. The number of carboxylic acid groups (broad SMARTS) is 1. The fourth-order valence-corrected chi connectivity index (χ4v) is 1.92. The molecule has 0 fully saturated rings. The van der Waals surface area contributed by atoms with E-state index in [1.807, 2.05) is 31.2 Å². The number of aliphatic carboxylic acids is 1. The Kier molecular flexibility index (Phi) is 5.77. The molecule has 0 radical (unpaired) electrons. The van der Waals surface area contributed by atoms with Gasteiger partial charge >= 0.3 is 12.0 Å². The third-order valence-corrected chi connectivity index (χ3v) is 2.77. The Bertz CT molecular complexity index is 500. The summed E-state index contributed by atoms with van der Waals surface area (Å²) < 4.78 is 0. The number of rotatable bonds is 6. The van der Waals surface area contributed by atoms with Crippen molar-refractivity contribution in [2.24, 2.45) is 0 Å². The van der Waals surface area contributed by atoms with E-state index in [9.17, 15) is 9.59 Å². The molecule has 5 nitrogen and oxygen atoms in total. The van der Waals surface area contributed by atoms with Gasteiger partial charge in [0, 0.05) is 20.1 Å². The molecule has 108 valence electrons. The van der Waals surface area contributed by atoms with E-state index >= 15 is 0 Å². The van der Waals surface area contributed by atoms with Gasteiger partial charge in [-0.1, -0.05) is 35.9 Å². The molecule has 0 saturated carbocycles. The van der Waals surface area contributed by atoms with Crippen molar-refractivity contribution < 1.29 is 14.7 Å². The standard InChI is InChI=1S/C15H20N2O3/c1-4-8-17(11-14(18)19)15(20)16(3)10-13-7-5-6-12(2)9-13/h4-7,9H,1,8,10-11H2,2-3H3,(H,18,19). The maximum Gasteiger partial charge on any atom is 0.323 e. The first kappa shape index (κ1) is 15.8. The Hall–Kier alpha value is -2.30. The molecule has 1 rings (SSSR count). The smallest absolute Gasteiger partial charge is 0.323 e. The van der Waals surface area contributed by atoms with Crippen molar-refractivity contribution in [3.63, 3.8) is 0 Å². The lowest BCUT2D eigenvalue weighted by atomic mass is 10.1. The zero-order valence-corrected chi connectivity index (χ0v) is 11.9. The van der Waals surface area contributed by atoms with E-state index in [0.717, 1.165) is 11.1 Å². The average Bonchev–Trinajstić information content (AvgIpc) is 2.36. The second kappa shape index (κ2) is 7.33. The summed E-state index contributed by atoms with van der Waals surface area (Å²) in [4.78, 5) is 25.7. The normalized spacial score (nSPS) is 9.90. The van der Waals surface area contributed by atoms with E-state index in [4.69, 9.17) is 5.11 Å². The predicted molar refractivity (Wildman–Crippen MR) is 77.4 cm³/mol.